The molecule has 1 aromatic heterocycles. The van der Waals surface area contributed by atoms with E-state index in [-0.39, 0.29) is 10.0 Å². The van der Waals surface area contributed by atoms with Gasteiger partial charge in [0.05, 0.1) is 19.4 Å². The zero-order valence-electron chi connectivity index (χ0n) is 12.9. The predicted molar refractivity (Wildman–Crippen MR) is 90.0 cm³/mol. The lowest BCUT2D eigenvalue weighted by Crippen LogP contribution is -2.41. The highest BCUT2D eigenvalue weighted by atomic mass is 32.2. The summed E-state index contributed by atoms with van der Waals surface area (Å²) in [6.07, 6.45) is 1.33. The molecule has 0 saturated carbocycles. The number of hydrogen-bond acceptors (Lipinski definition) is 6. The molecule has 1 N–H and O–H groups in total. The minimum Gasteiger partial charge on any atom is -0.379 e. The Kier molecular flexibility index (Phi) is 5.57. The third-order valence-corrected chi connectivity index (χ3v) is 6.63. The van der Waals surface area contributed by atoms with Gasteiger partial charge in [0.2, 0.25) is 0 Å². The minimum atomic E-state index is -3.58. The quantitative estimate of drug-likeness (QED) is 0.834. The summed E-state index contributed by atoms with van der Waals surface area (Å²) in [7, 11) is -3.58. The number of rotatable bonds is 6. The summed E-state index contributed by atoms with van der Waals surface area (Å²) < 4.78 is 45.6. The molecule has 0 amide bonds. The highest BCUT2D eigenvalue weighted by molar-refractivity contribution is 7.91. The lowest BCUT2D eigenvalue weighted by Gasteiger charge is -2.26. The van der Waals surface area contributed by atoms with Gasteiger partial charge in [-0.15, -0.1) is 11.3 Å². The number of nitrogens with one attached hydrogen (secondary N) is 1. The van der Waals surface area contributed by atoms with Gasteiger partial charge in [-0.3, -0.25) is 4.90 Å². The van der Waals surface area contributed by atoms with Gasteiger partial charge < -0.3 is 4.74 Å². The molecule has 0 atom stereocenters. The molecule has 1 saturated heterocycles. The van der Waals surface area contributed by atoms with E-state index in [0.29, 0.717) is 36.9 Å². The van der Waals surface area contributed by atoms with Crippen molar-refractivity contribution in [2.24, 2.45) is 0 Å². The lowest BCUT2D eigenvalue weighted by atomic mass is 10.2. The van der Waals surface area contributed by atoms with Crippen LogP contribution in [0.25, 0.3) is 10.6 Å². The third-order valence-electron chi connectivity index (χ3n) is 3.66. The predicted octanol–water partition coefficient (Wildman–Crippen LogP) is 1.56. The van der Waals surface area contributed by atoms with E-state index < -0.39 is 10.0 Å². The van der Waals surface area contributed by atoms with Crippen LogP contribution in [0.15, 0.2) is 34.7 Å². The molecule has 130 valence electrons. The van der Waals surface area contributed by atoms with E-state index in [2.05, 4.69) is 14.6 Å². The maximum Gasteiger partial charge on any atom is 0.251 e. The van der Waals surface area contributed by atoms with Crippen molar-refractivity contribution in [3.05, 3.63) is 36.3 Å². The monoisotopic (exact) mass is 371 g/mol. The van der Waals surface area contributed by atoms with Crippen LogP contribution >= 0.6 is 11.3 Å². The van der Waals surface area contributed by atoms with Crippen molar-refractivity contribution in [1.82, 2.24) is 14.6 Å². The van der Waals surface area contributed by atoms with E-state index in [1.165, 1.54) is 18.3 Å². The van der Waals surface area contributed by atoms with Crippen LogP contribution in [0, 0.1) is 5.82 Å². The summed E-state index contributed by atoms with van der Waals surface area (Å²) in [5.41, 5.74) is 0.691. The van der Waals surface area contributed by atoms with Crippen LogP contribution in [0.5, 0.6) is 0 Å². The number of morpholine rings is 1. The molecule has 9 heteroatoms. The Hall–Kier alpha value is -1.39. The Morgan fingerprint density at radius 1 is 1.25 bits per heavy atom. The molecule has 6 nitrogen and oxygen atoms in total. The standard InChI is InChI=1S/C15H18FN3O3S2/c16-13-3-1-12(2-4-13)15-17-11-14(23-15)24(20,21)18-5-6-19-7-9-22-10-8-19/h1-4,11,18H,5-10H2. The van der Waals surface area contributed by atoms with Crippen molar-refractivity contribution in [2.75, 3.05) is 39.4 Å². The Morgan fingerprint density at radius 2 is 1.96 bits per heavy atom. The molecule has 0 aliphatic carbocycles. The van der Waals surface area contributed by atoms with Gasteiger partial charge >= 0.3 is 0 Å². The fourth-order valence-corrected chi connectivity index (χ4v) is 4.54. The Morgan fingerprint density at radius 3 is 2.67 bits per heavy atom. The number of benzene rings is 1. The van der Waals surface area contributed by atoms with Gasteiger partial charge in [0.1, 0.15) is 10.8 Å². The molecular formula is C15H18FN3O3S2. The van der Waals surface area contributed by atoms with Crippen molar-refractivity contribution in [3.8, 4) is 10.6 Å². The highest BCUT2D eigenvalue weighted by Gasteiger charge is 2.19. The Bertz CT molecular complexity index is 772. The summed E-state index contributed by atoms with van der Waals surface area (Å²) in [4.78, 5) is 6.29. The summed E-state index contributed by atoms with van der Waals surface area (Å²) >= 11 is 1.07. The minimum absolute atomic E-state index is 0.156. The molecule has 0 spiro atoms. The van der Waals surface area contributed by atoms with Crippen molar-refractivity contribution >= 4 is 21.4 Å². The van der Waals surface area contributed by atoms with Crippen molar-refractivity contribution in [1.29, 1.82) is 0 Å². The number of hydrogen-bond donors (Lipinski definition) is 1. The molecule has 2 aromatic rings. The van der Waals surface area contributed by atoms with Crippen molar-refractivity contribution in [3.63, 3.8) is 0 Å². The van der Waals surface area contributed by atoms with Crippen molar-refractivity contribution in [2.45, 2.75) is 4.21 Å². The highest BCUT2D eigenvalue weighted by Crippen LogP contribution is 2.27. The summed E-state index contributed by atoms with van der Waals surface area (Å²) in [5.74, 6) is -0.340. The van der Waals surface area contributed by atoms with Gasteiger partial charge in [-0.2, -0.15) is 0 Å². The van der Waals surface area contributed by atoms with Crippen LogP contribution in [0.1, 0.15) is 0 Å². The smallest absolute Gasteiger partial charge is 0.251 e. The first kappa shape index (κ1) is 17.4. The number of halogens is 1. The van der Waals surface area contributed by atoms with Gasteiger partial charge in [-0.05, 0) is 24.3 Å². The van der Waals surface area contributed by atoms with Gasteiger partial charge in [-0.25, -0.2) is 22.5 Å². The molecule has 1 fully saturated rings. The SMILES string of the molecule is O=S(=O)(NCCN1CCOCC1)c1cnc(-c2ccc(F)cc2)s1. The van der Waals surface area contributed by atoms with E-state index >= 15 is 0 Å². The molecule has 1 aliphatic rings. The second-order valence-corrected chi connectivity index (χ2v) is 8.37. The zero-order chi connectivity index (χ0) is 17.0. The van der Waals surface area contributed by atoms with E-state index in [4.69, 9.17) is 4.74 Å². The van der Waals surface area contributed by atoms with E-state index in [9.17, 15) is 12.8 Å². The van der Waals surface area contributed by atoms with E-state index in [0.717, 1.165) is 24.4 Å². The zero-order valence-corrected chi connectivity index (χ0v) is 14.6. The normalized spacial score (nSPS) is 16.4. The second kappa shape index (κ2) is 7.66. The first-order chi connectivity index (χ1) is 11.5. The first-order valence-corrected chi connectivity index (χ1v) is 9.86. The third kappa shape index (κ3) is 4.37. The first-order valence-electron chi connectivity index (χ1n) is 7.56. The Balaban J connectivity index is 1.61. The fourth-order valence-electron chi connectivity index (χ4n) is 2.34. The molecule has 3 rings (SSSR count). The number of nitrogens with zero attached hydrogens (tertiary/aromatic N) is 2. The van der Waals surface area contributed by atoms with Crippen LogP contribution in [-0.2, 0) is 14.8 Å². The van der Waals surface area contributed by atoms with Gasteiger partial charge in [0, 0.05) is 31.7 Å². The number of aromatic nitrogens is 1. The van der Waals surface area contributed by atoms with Crippen LogP contribution in [0.3, 0.4) is 0 Å². The average molecular weight is 371 g/mol. The summed E-state index contributed by atoms with van der Waals surface area (Å²) in [6, 6.07) is 5.81. The van der Waals surface area contributed by atoms with E-state index in [1.54, 1.807) is 12.1 Å². The molecule has 0 unspecified atom stereocenters. The molecule has 24 heavy (non-hydrogen) atoms. The Labute approximate surface area is 144 Å². The fraction of sp³-hybridized carbons (Fsp3) is 0.400. The number of thiazole rings is 1. The summed E-state index contributed by atoms with van der Waals surface area (Å²) in [6.45, 7) is 3.98. The molecule has 1 aliphatic heterocycles. The average Bonchev–Trinajstić information content (AvgIpc) is 3.07. The van der Waals surface area contributed by atoms with Gasteiger partial charge in [-0.1, -0.05) is 0 Å². The van der Waals surface area contributed by atoms with Crippen LogP contribution < -0.4 is 4.72 Å². The van der Waals surface area contributed by atoms with Gasteiger partial charge in [0.15, 0.2) is 4.21 Å². The number of ether oxygens (including phenoxy) is 1. The number of sulfonamides is 1. The maximum atomic E-state index is 13.0. The maximum absolute atomic E-state index is 13.0. The van der Waals surface area contributed by atoms with Crippen LogP contribution in [-0.4, -0.2) is 57.7 Å². The molecule has 1 aromatic carbocycles. The topological polar surface area (TPSA) is 71.5 Å². The van der Waals surface area contributed by atoms with Crippen LogP contribution in [0.2, 0.25) is 0 Å². The molecule has 0 radical (unpaired) electrons. The molecule has 0 bridgehead atoms. The van der Waals surface area contributed by atoms with Crippen molar-refractivity contribution < 1.29 is 17.5 Å². The van der Waals surface area contributed by atoms with E-state index in [1.807, 2.05) is 0 Å². The summed E-state index contributed by atoms with van der Waals surface area (Å²) in [5, 5.41) is 0.545. The molecule has 2 heterocycles. The van der Waals surface area contributed by atoms with Crippen LogP contribution in [0.4, 0.5) is 4.39 Å². The largest absolute Gasteiger partial charge is 0.379 e. The second-order valence-electron chi connectivity index (χ2n) is 5.34. The lowest BCUT2D eigenvalue weighted by molar-refractivity contribution is 0.0390. The molecular weight excluding hydrogens is 353 g/mol. The van der Waals surface area contributed by atoms with Gasteiger partial charge in [0.25, 0.3) is 10.0 Å².